The van der Waals surface area contributed by atoms with Gasteiger partial charge in [-0.05, 0) is 58.2 Å². The van der Waals surface area contributed by atoms with Crippen LogP contribution in [0.15, 0.2) is 97.1 Å². The van der Waals surface area contributed by atoms with E-state index in [1.807, 2.05) is 24.3 Å². The zero-order valence-electron chi connectivity index (χ0n) is 29.4. The topological polar surface area (TPSA) is 54.0 Å². The fourth-order valence-electron chi connectivity index (χ4n) is 6.17. The molecule has 0 spiro atoms. The Hall–Kier alpha value is -2.53. The van der Waals surface area contributed by atoms with Crippen molar-refractivity contribution in [2.75, 3.05) is 13.2 Å². The lowest BCUT2D eigenvalue weighted by molar-refractivity contribution is -0.108. The average Bonchev–Trinajstić information content (AvgIpc) is 3.40. The highest BCUT2D eigenvalue weighted by molar-refractivity contribution is 6.99. The molecular formula is C39H53ClO5Si2. The summed E-state index contributed by atoms with van der Waals surface area (Å²) in [5.74, 6) is 0.704. The summed E-state index contributed by atoms with van der Waals surface area (Å²) in [5.41, 5.74) is 0. The Labute approximate surface area is 289 Å². The Balaban J connectivity index is 1.66. The molecule has 3 aromatic rings. The van der Waals surface area contributed by atoms with Crippen LogP contribution in [0.4, 0.5) is 0 Å². The second-order valence-electron chi connectivity index (χ2n) is 15.1. The lowest BCUT2D eigenvalue weighted by Crippen LogP contribution is -2.68. The van der Waals surface area contributed by atoms with E-state index < -0.39 is 16.6 Å². The molecule has 0 bridgehead atoms. The van der Waals surface area contributed by atoms with Crippen LogP contribution in [-0.4, -0.2) is 54.4 Å². The highest BCUT2D eigenvalue weighted by Gasteiger charge is 2.53. The number of aldehydes is 1. The third-order valence-corrected chi connectivity index (χ3v) is 19.5. The molecule has 5 nitrogen and oxygen atoms in total. The fourth-order valence-corrected chi connectivity index (χ4v) is 12.3. The maximum absolute atomic E-state index is 11.7. The number of carbonyl (C=O) groups excluding carboxylic acids is 1. The van der Waals surface area contributed by atoms with E-state index in [1.165, 1.54) is 10.4 Å². The van der Waals surface area contributed by atoms with Crippen molar-refractivity contribution in [2.45, 2.75) is 95.9 Å². The molecule has 4 rings (SSSR count). The molecule has 1 fully saturated rings. The summed E-state index contributed by atoms with van der Waals surface area (Å²) in [4.78, 5) is 11.7. The van der Waals surface area contributed by atoms with E-state index in [-0.39, 0.29) is 34.3 Å². The Morgan fingerprint density at radius 1 is 0.894 bits per heavy atom. The molecular weight excluding hydrogens is 640 g/mol. The van der Waals surface area contributed by atoms with E-state index in [4.69, 9.17) is 29.9 Å². The average molecular weight is 693 g/mol. The zero-order chi connectivity index (χ0) is 34.3. The monoisotopic (exact) mass is 692 g/mol. The van der Waals surface area contributed by atoms with Crippen molar-refractivity contribution in [1.82, 2.24) is 0 Å². The second kappa shape index (κ2) is 15.8. The van der Waals surface area contributed by atoms with Gasteiger partial charge in [0.25, 0.3) is 8.32 Å². The van der Waals surface area contributed by atoms with Gasteiger partial charge >= 0.3 is 0 Å². The van der Waals surface area contributed by atoms with Gasteiger partial charge in [0.15, 0.2) is 8.32 Å². The Morgan fingerprint density at radius 2 is 1.51 bits per heavy atom. The van der Waals surface area contributed by atoms with Gasteiger partial charge in [-0.3, -0.25) is 0 Å². The first-order chi connectivity index (χ1) is 22.2. The molecule has 4 atom stereocenters. The van der Waals surface area contributed by atoms with E-state index in [0.29, 0.717) is 36.8 Å². The summed E-state index contributed by atoms with van der Waals surface area (Å²) in [5, 5.41) is 2.95. The molecule has 3 aromatic carbocycles. The van der Waals surface area contributed by atoms with Crippen molar-refractivity contribution < 1.29 is 23.1 Å². The summed E-state index contributed by atoms with van der Waals surface area (Å²) in [6.07, 6.45) is 5.63. The van der Waals surface area contributed by atoms with Crippen molar-refractivity contribution in [3.63, 3.8) is 0 Å². The molecule has 1 aliphatic heterocycles. The number of halogens is 1. The molecule has 1 aliphatic rings. The number of benzene rings is 3. The third kappa shape index (κ3) is 9.14. The van der Waals surface area contributed by atoms with E-state index in [9.17, 15) is 4.79 Å². The van der Waals surface area contributed by atoms with Crippen molar-refractivity contribution in [3.8, 4) is 5.75 Å². The number of carbonyl (C=O) groups is 1. The highest BCUT2D eigenvalue weighted by Crippen LogP contribution is 2.41. The van der Waals surface area contributed by atoms with E-state index in [0.717, 1.165) is 6.29 Å². The van der Waals surface area contributed by atoms with Gasteiger partial charge in [-0.25, -0.2) is 0 Å². The van der Waals surface area contributed by atoms with Crippen LogP contribution in [0.25, 0.3) is 0 Å². The van der Waals surface area contributed by atoms with Crippen LogP contribution in [-0.2, 0) is 18.4 Å². The summed E-state index contributed by atoms with van der Waals surface area (Å²) in [6.45, 7) is 18.9. The van der Waals surface area contributed by atoms with Crippen LogP contribution >= 0.6 is 11.6 Å². The standard InChI is InChI=1S/C39H53ClO5Si2/c1-38(2,3)46(7,8)44-32(28-42-31-18-15-17-30(40)27-31)24-25-36-35(23-16-26-41)37(29-43-36)45-47(39(4,5)6,33-19-11-9-12-20-33)34-21-13-10-14-22-34/h9-15,17-22,24-27,32,35-37H,16,23,28-29H2,1-8H3/b25-24+/t32-,35-,36-,37+/m1/s1. The molecule has 0 unspecified atom stereocenters. The summed E-state index contributed by atoms with van der Waals surface area (Å²) in [6, 6.07) is 28.8. The molecule has 254 valence electrons. The predicted molar refractivity (Wildman–Crippen MR) is 199 cm³/mol. The summed E-state index contributed by atoms with van der Waals surface area (Å²) >= 11 is 6.23. The first kappa shape index (κ1) is 37.3. The summed E-state index contributed by atoms with van der Waals surface area (Å²) in [7, 11) is -4.96. The number of hydrogen-bond acceptors (Lipinski definition) is 5. The van der Waals surface area contributed by atoms with Crippen LogP contribution in [0.2, 0.25) is 28.2 Å². The normalized spacial score (nSPS) is 20.0. The van der Waals surface area contributed by atoms with Gasteiger partial charge in [0.1, 0.15) is 18.6 Å². The van der Waals surface area contributed by atoms with Crippen LogP contribution in [0.1, 0.15) is 54.4 Å². The van der Waals surface area contributed by atoms with Gasteiger partial charge in [0.05, 0.1) is 24.9 Å². The molecule has 0 aliphatic carbocycles. The Bertz CT molecular complexity index is 1410. The largest absolute Gasteiger partial charge is 0.491 e. The van der Waals surface area contributed by atoms with Crippen molar-refractivity contribution in [1.29, 1.82) is 0 Å². The zero-order valence-corrected chi connectivity index (χ0v) is 32.1. The molecule has 0 saturated carbocycles. The number of rotatable bonds is 14. The van der Waals surface area contributed by atoms with Crippen molar-refractivity contribution in [3.05, 3.63) is 102 Å². The second-order valence-corrected chi connectivity index (χ2v) is 24.5. The molecule has 0 radical (unpaired) electrons. The minimum Gasteiger partial charge on any atom is -0.491 e. The molecule has 0 aromatic heterocycles. The maximum Gasteiger partial charge on any atom is 0.261 e. The van der Waals surface area contributed by atoms with Crippen molar-refractivity contribution in [2.24, 2.45) is 5.92 Å². The lowest BCUT2D eigenvalue weighted by Gasteiger charge is -2.45. The van der Waals surface area contributed by atoms with E-state index in [2.05, 4.69) is 127 Å². The van der Waals surface area contributed by atoms with Gasteiger partial charge < -0.3 is 23.1 Å². The first-order valence-corrected chi connectivity index (χ1v) is 22.0. The van der Waals surface area contributed by atoms with E-state index >= 15 is 0 Å². The molecule has 0 amide bonds. The summed E-state index contributed by atoms with van der Waals surface area (Å²) < 4.78 is 27.1. The number of hydrogen-bond donors (Lipinski definition) is 0. The fraction of sp³-hybridized carbons (Fsp3) is 0.462. The van der Waals surface area contributed by atoms with Crippen molar-refractivity contribution >= 4 is 44.9 Å². The van der Waals surface area contributed by atoms with Gasteiger partial charge in [0.2, 0.25) is 0 Å². The van der Waals surface area contributed by atoms with Crippen LogP contribution < -0.4 is 15.1 Å². The van der Waals surface area contributed by atoms with Gasteiger partial charge in [0, 0.05) is 17.4 Å². The first-order valence-electron chi connectivity index (χ1n) is 16.8. The van der Waals surface area contributed by atoms with Crippen LogP contribution in [0.5, 0.6) is 5.75 Å². The minimum atomic E-state index is -2.82. The highest BCUT2D eigenvalue weighted by atomic mass is 35.5. The quantitative estimate of drug-likeness (QED) is 0.0962. The van der Waals surface area contributed by atoms with Gasteiger partial charge in [-0.1, -0.05) is 132 Å². The Morgan fingerprint density at radius 3 is 2.04 bits per heavy atom. The third-order valence-electron chi connectivity index (χ3n) is 9.69. The van der Waals surface area contributed by atoms with Gasteiger partial charge in [-0.15, -0.1) is 0 Å². The predicted octanol–water partition coefficient (Wildman–Crippen LogP) is 8.60. The SMILES string of the molecule is CC(C)(C)[Si](C)(C)O[C@H](/C=C/[C@H]1OC[C@H](O[Si](c2ccccc2)(c2ccccc2)C(C)(C)C)[C@@H]1CCC=O)COc1cccc(Cl)c1. The molecule has 47 heavy (non-hydrogen) atoms. The Kier molecular flexibility index (Phi) is 12.5. The number of ether oxygens (including phenoxy) is 2. The smallest absolute Gasteiger partial charge is 0.261 e. The molecule has 1 saturated heterocycles. The molecule has 1 heterocycles. The van der Waals surface area contributed by atoms with Crippen LogP contribution in [0.3, 0.4) is 0 Å². The molecule has 8 heteroatoms. The molecule has 0 N–H and O–H groups in total. The van der Waals surface area contributed by atoms with Gasteiger partial charge in [-0.2, -0.15) is 0 Å². The lowest BCUT2D eigenvalue weighted by atomic mass is 9.93. The maximum atomic E-state index is 11.7. The minimum absolute atomic E-state index is 0.000434. The van der Waals surface area contributed by atoms with Crippen LogP contribution in [0, 0.1) is 5.92 Å². The van der Waals surface area contributed by atoms with E-state index in [1.54, 1.807) is 0 Å².